The van der Waals surface area contributed by atoms with Crippen LogP contribution in [-0.2, 0) is 0 Å². The molecule has 0 spiro atoms. The molecule has 1 unspecified atom stereocenters. The van der Waals surface area contributed by atoms with Crippen molar-refractivity contribution in [3.05, 3.63) is 71.9 Å². The SMILES string of the molecule is Cc1cccc(F)c1C(=O)NC1CCN(c2nccc(-c3cccnc3)n2)C1. The summed E-state index contributed by atoms with van der Waals surface area (Å²) < 4.78 is 14.0. The Kier molecular flexibility index (Phi) is 4.97. The zero-order chi connectivity index (χ0) is 19.5. The molecule has 3 heterocycles. The second-order valence-corrected chi connectivity index (χ2v) is 6.82. The Morgan fingerprint density at radius 2 is 2.11 bits per heavy atom. The minimum atomic E-state index is -0.500. The van der Waals surface area contributed by atoms with Crippen LogP contribution in [0.5, 0.6) is 0 Å². The number of benzene rings is 1. The number of aryl methyl sites for hydroxylation is 1. The maximum Gasteiger partial charge on any atom is 0.254 e. The summed E-state index contributed by atoms with van der Waals surface area (Å²) in [6.45, 7) is 3.03. The molecule has 142 valence electrons. The Labute approximate surface area is 162 Å². The normalized spacial score (nSPS) is 16.2. The molecule has 1 aliphatic heterocycles. The minimum absolute atomic E-state index is 0.0860. The summed E-state index contributed by atoms with van der Waals surface area (Å²) in [6, 6.07) is 10.2. The van der Waals surface area contributed by atoms with E-state index in [2.05, 4.69) is 20.3 Å². The number of hydrogen-bond donors (Lipinski definition) is 1. The van der Waals surface area contributed by atoms with Gasteiger partial charge >= 0.3 is 0 Å². The van der Waals surface area contributed by atoms with Crippen molar-refractivity contribution in [3.63, 3.8) is 0 Å². The molecule has 28 heavy (non-hydrogen) atoms. The van der Waals surface area contributed by atoms with Crippen LogP contribution in [0.25, 0.3) is 11.3 Å². The zero-order valence-electron chi connectivity index (χ0n) is 15.5. The fraction of sp³-hybridized carbons (Fsp3) is 0.238. The molecule has 0 bridgehead atoms. The van der Waals surface area contributed by atoms with Crippen molar-refractivity contribution in [1.82, 2.24) is 20.3 Å². The Morgan fingerprint density at radius 3 is 2.89 bits per heavy atom. The van der Waals surface area contributed by atoms with E-state index in [0.717, 1.165) is 24.2 Å². The predicted octanol–water partition coefficient (Wildman–Crippen LogP) is 2.99. The first kappa shape index (κ1) is 18.0. The molecule has 1 aromatic carbocycles. The summed E-state index contributed by atoms with van der Waals surface area (Å²) in [4.78, 5) is 27.7. The van der Waals surface area contributed by atoms with Gasteiger partial charge < -0.3 is 10.2 Å². The van der Waals surface area contributed by atoms with Crippen LogP contribution in [0.1, 0.15) is 22.3 Å². The van der Waals surface area contributed by atoms with Crippen molar-refractivity contribution in [1.29, 1.82) is 0 Å². The van der Waals surface area contributed by atoms with Crippen LogP contribution in [0, 0.1) is 12.7 Å². The van der Waals surface area contributed by atoms with Crippen molar-refractivity contribution in [2.75, 3.05) is 18.0 Å². The highest BCUT2D eigenvalue weighted by atomic mass is 19.1. The lowest BCUT2D eigenvalue weighted by atomic mass is 10.1. The monoisotopic (exact) mass is 377 g/mol. The molecule has 3 aromatic rings. The van der Waals surface area contributed by atoms with Crippen LogP contribution in [0.4, 0.5) is 10.3 Å². The number of nitrogens with zero attached hydrogens (tertiary/aromatic N) is 4. The van der Waals surface area contributed by atoms with Crippen molar-refractivity contribution in [3.8, 4) is 11.3 Å². The van der Waals surface area contributed by atoms with E-state index in [1.807, 2.05) is 23.1 Å². The molecule has 0 radical (unpaired) electrons. The number of aromatic nitrogens is 3. The van der Waals surface area contributed by atoms with E-state index in [9.17, 15) is 9.18 Å². The molecular weight excluding hydrogens is 357 g/mol. The van der Waals surface area contributed by atoms with Gasteiger partial charge in [-0.3, -0.25) is 9.78 Å². The molecule has 1 saturated heterocycles. The van der Waals surface area contributed by atoms with E-state index in [1.165, 1.54) is 6.07 Å². The number of rotatable bonds is 4. The third-order valence-electron chi connectivity index (χ3n) is 4.86. The van der Waals surface area contributed by atoms with E-state index in [1.54, 1.807) is 37.6 Å². The number of carbonyl (C=O) groups is 1. The molecule has 0 aliphatic carbocycles. The van der Waals surface area contributed by atoms with Gasteiger partial charge in [0.05, 0.1) is 11.3 Å². The van der Waals surface area contributed by atoms with Gasteiger partial charge in [0.15, 0.2) is 0 Å². The standard InChI is InChI=1S/C21H20FN5O/c1-14-4-2-6-17(22)19(14)20(28)25-16-8-11-27(13-16)21-24-10-7-18(26-21)15-5-3-9-23-12-15/h2-7,9-10,12,16H,8,11,13H2,1H3,(H,25,28). The van der Waals surface area contributed by atoms with Crippen LogP contribution in [0.2, 0.25) is 0 Å². The average Bonchev–Trinajstić information content (AvgIpc) is 3.17. The summed E-state index contributed by atoms with van der Waals surface area (Å²) in [5.74, 6) is -0.271. The van der Waals surface area contributed by atoms with Gasteiger partial charge in [-0.15, -0.1) is 0 Å². The summed E-state index contributed by atoms with van der Waals surface area (Å²) in [5, 5.41) is 2.94. The van der Waals surface area contributed by atoms with Crippen molar-refractivity contribution < 1.29 is 9.18 Å². The first-order chi connectivity index (χ1) is 13.6. The summed E-state index contributed by atoms with van der Waals surface area (Å²) >= 11 is 0. The van der Waals surface area contributed by atoms with E-state index in [0.29, 0.717) is 18.1 Å². The minimum Gasteiger partial charge on any atom is -0.347 e. The van der Waals surface area contributed by atoms with Crippen molar-refractivity contribution >= 4 is 11.9 Å². The molecular formula is C21H20FN5O. The van der Waals surface area contributed by atoms with Gasteiger partial charge in [-0.25, -0.2) is 14.4 Å². The molecule has 1 N–H and O–H groups in total. The largest absolute Gasteiger partial charge is 0.347 e. The third-order valence-corrected chi connectivity index (χ3v) is 4.86. The molecule has 1 aliphatic rings. The Hall–Kier alpha value is -3.35. The van der Waals surface area contributed by atoms with Gasteiger partial charge in [0.1, 0.15) is 5.82 Å². The number of halogens is 1. The number of nitrogens with one attached hydrogen (secondary N) is 1. The second kappa shape index (κ2) is 7.72. The molecule has 1 atom stereocenters. The number of anilines is 1. The smallest absolute Gasteiger partial charge is 0.254 e. The number of carbonyl (C=O) groups excluding carboxylic acids is 1. The van der Waals surface area contributed by atoms with Crippen LogP contribution in [-0.4, -0.2) is 40.0 Å². The summed E-state index contributed by atoms with van der Waals surface area (Å²) in [7, 11) is 0. The Balaban J connectivity index is 1.45. The molecule has 0 saturated carbocycles. The van der Waals surface area contributed by atoms with Crippen LogP contribution < -0.4 is 10.2 Å². The van der Waals surface area contributed by atoms with E-state index >= 15 is 0 Å². The van der Waals surface area contributed by atoms with Gasteiger partial charge in [0, 0.05) is 43.3 Å². The lowest BCUT2D eigenvalue weighted by Gasteiger charge is -2.18. The van der Waals surface area contributed by atoms with Gasteiger partial charge in [-0.05, 0) is 43.2 Å². The summed E-state index contributed by atoms with van der Waals surface area (Å²) in [6.07, 6.45) is 5.95. The number of hydrogen-bond acceptors (Lipinski definition) is 5. The fourth-order valence-electron chi connectivity index (χ4n) is 3.41. The van der Waals surface area contributed by atoms with E-state index in [-0.39, 0.29) is 17.5 Å². The lowest BCUT2D eigenvalue weighted by molar-refractivity contribution is 0.0935. The topological polar surface area (TPSA) is 71.0 Å². The van der Waals surface area contributed by atoms with E-state index in [4.69, 9.17) is 0 Å². The molecule has 1 amide bonds. The summed E-state index contributed by atoms with van der Waals surface area (Å²) in [5.41, 5.74) is 2.45. The quantitative estimate of drug-likeness (QED) is 0.757. The van der Waals surface area contributed by atoms with Gasteiger partial charge in [-0.1, -0.05) is 12.1 Å². The highest BCUT2D eigenvalue weighted by Crippen LogP contribution is 2.21. The lowest BCUT2D eigenvalue weighted by Crippen LogP contribution is -2.38. The number of pyridine rings is 1. The second-order valence-electron chi connectivity index (χ2n) is 6.82. The molecule has 6 nitrogen and oxygen atoms in total. The van der Waals surface area contributed by atoms with Crippen LogP contribution in [0.3, 0.4) is 0 Å². The maximum absolute atomic E-state index is 14.0. The van der Waals surface area contributed by atoms with Gasteiger partial charge in [0.25, 0.3) is 5.91 Å². The van der Waals surface area contributed by atoms with Crippen LogP contribution in [0.15, 0.2) is 55.0 Å². The highest BCUT2D eigenvalue weighted by Gasteiger charge is 2.27. The number of amides is 1. The Bertz CT molecular complexity index is 975. The van der Waals surface area contributed by atoms with E-state index < -0.39 is 5.82 Å². The van der Waals surface area contributed by atoms with Gasteiger partial charge in [0.2, 0.25) is 5.95 Å². The van der Waals surface area contributed by atoms with Crippen molar-refractivity contribution in [2.45, 2.75) is 19.4 Å². The highest BCUT2D eigenvalue weighted by molar-refractivity contribution is 5.96. The molecule has 2 aromatic heterocycles. The third kappa shape index (κ3) is 3.69. The fourth-order valence-corrected chi connectivity index (χ4v) is 3.41. The first-order valence-corrected chi connectivity index (χ1v) is 9.16. The maximum atomic E-state index is 14.0. The Morgan fingerprint density at radius 1 is 1.21 bits per heavy atom. The first-order valence-electron chi connectivity index (χ1n) is 9.16. The average molecular weight is 377 g/mol. The van der Waals surface area contributed by atoms with Crippen LogP contribution >= 0.6 is 0 Å². The molecule has 1 fully saturated rings. The zero-order valence-corrected chi connectivity index (χ0v) is 15.5. The molecule has 7 heteroatoms. The van der Waals surface area contributed by atoms with Gasteiger partial charge in [-0.2, -0.15) is 0 Å². The van der Waals surface area contributed by atoms with Crippen molar-refractivity contribution in [2.24, 2.45) is 0 Å². The predicted molar refractivity (Wildman–Crippen MR) is 104 cm³/mol. The molecule has 4 rings (SSSR count).